The third-order valence-corrected chi connectivity index (χ3v) is 5.18. The highest BCUT2D eigenvalue weighted by Crippen LogP contribution is 2.49. The Balaban J connectivity index is 2.08. The van der Waals surface area contributed by atoms with Gasteiger partial charge in [0.1, 0.15) is 23.1 Å². The maximum absolute atomic E-state index is 11.4. The lowest BCUT2D eigenvalue weighted by Gasteiger charge is -2.32. The molecule has 0 aliphatic carbocycles. The minimum Gasteiger partial charge on any atom is -0.496 e. The summed E-state index contributed by atoms with van der Waals surface area (Å²) in [6.45, 7) is 0. The fourth-order valence-corrected chi connectivity index (χ4v) is 3.87. The van der Waals surface area contributed by atoms with Gasteiger partial charge in [-0.1, -0.05) is 36.4 Å². The molecular formula is C23H19N3O4. The van der Waals surface area contributed by atoms with Crippen LogP contribution in [-0.2, 0) is 0 Å². The minimum atomic E-state index is -0.533. The Morgan fingerprint density at radius 2 is 1.87 bits per heavy atom. The molecule has 0 fully saturated rings. The van der Waals surface area contributed by atoms with Crippen LogP contribution in [0.5, 0.6) is 11.5 Å². The molecule has 0 N–H and O–H groups in total. The third-order valence-electron chi connectivity index (χ3n) is 5.18. The van der Waals surface area contributed by atoms with Gasteiger partial charge in [0.15, 0.2) is 0 Å². The molecule has 0 amide bonds. The predicted molar refractivity (Wildman–Crippen MR) is 112 cm³/mol. The van der Waals surface area contributed by atoms with Gasteiger partial charge >= 0.3 is 0 Å². The molecule has 1 atom stereocenters. The SMILES string of the molecule is COc1cc2c(c3ccccc13)OC(N(C)C)=C(C#N)C2c1cccc([N+](=O)[O-])c1. The summed E-state index contributed by atoms with van der Waals surface area (Å²) in [5.41, 5.74) is 1.72. The molecule has 1 unspecified atom stereocenters. The molecule has 0 radical (unpaired) electrons. The molecule has 1 aliphatic heterocycles. The monoisotopic (exact) mass is 401 g/mol. The van der Waals surface area contributed by atoms with Gasteiger partial charge in [0.05, 0.1) is 18.0 Å². The molecule has 7 heteroatoms. The van der Waals surface area contributed by atoms with Crippen LogP contribution in [-0.4, -0.2) is 31.0 Å². The van der Waals surface area contributed by atoms with E-state index in [2.05, 4.69) is 6.07 Å². The second-order valence-electron chi connectivity index (χ2n) is 7.15. The highest BCUT2D eigenvalue weighted by molar-refractivity contribution is 5.95. The summed E-state index contributed by atoms with van der Waals surface area (Å²) >= 11 is 0. The standard InChI is InChI=1S/C23H19N3O4/c1-25(2)23-19(13-24)21(14-7-6-8-15(11-14)26(27)28)18-12-20(29-3)16-9-4-5-10-17(16)22(18)30-23/h4-12,21H,1-3H3. The Morgan fingerprint density at radius 1 is 1.13 bits per heavy atom. The van der Waals surface area contributed by atoms with Crippen molar-refractivity contribution >= 4 is 16.5 Å². The van der Waals surface area contributed by atoms with Crippen LogP contribution < -0.4 is 9.47 Å². The topological polar surface area (TPSA) is 88.6 Å². The maximum Gasteiger partial charge on any atom is 0.269 e. The number of nitro groups is 1. The van der Waals surface area contributed by atoms with Crippen molar-refractivity contribution in [1.29, 1.82) is 5.26 Å². The molecule has 0 spiro atoms. The number of ether oxygens (including phenoxy) is 2. The Labute approximate surface area is 173 Å². The van der Waals surface area contributed by atoms with E-state index in [0.717, 1.165) is 16.3 Å². The number of fused-ring (bicyclic) bond motifs is 3. The van der Waals surface area contributed by atoms with Crippen LogP contribution in [0.3, 0.4) is 0 Å². The molecule has 0 saturated heterocycles. The zero-order valence-electron chi connectivity index (χ0n) is 16.7. The molecule has 0 aromatic heterocycles. The quantitative estimate of drug-likeness (QED) is 0.470. The van der Waals surface area contributed by atoms with Crippen LogP contribution in [0.25, 0.3) is 10.8 Å². The number of nitrogens with zero attached hydrogens (tertiary/aromatic N) is 3. The molecular weight excluding hydrogens is 382 g/mol. The van der Waals surface area contributed by atoms with Gasteiger partial charge in [-0.05, 0) is 11.6 Å². The summed E-state index contributed by atoms with van der Waals surface area (Å²) in [6, 6.07) is 18.2. The van der Waals surface area contributed by atoms with Crippen molar-refractivity contribution in [1.82, 2.24) is 4.90 Å². The Morgan fingerprint density at radius 3 is 2.50 bits per heavy atom. The highest BCUT2D eigenvalue weighted by atomic mass is 16.6. The third kappa shape index (κ3) is 2.99. The van der Waals surface area contributed by atoms with Crippen molar-refractivity contribution in [3.05, 3.63) is 87.3 Å². The Bertz CT molecular complexity index is 1240. The lowest BCUT2D eigenvalue weighted by Crippen LogP contribution is -2.25. The van der Waals surface area contributed by atoms with E-state index in [9.17, 15) is 15.4 Å². The number of hydrogen-bond acceptors (Lipinski definition) is 6. The summed E-state index contributed by atoms with van der Waals surface area (Å²) in [5, 5.41) is 23.1. The van der Waals surface area contributed by atoms with Crippen molar-refractivity contribution < 1.29 is 14.4 Å². The molecule has 7 nitrogen and oxygen atoms in total. The summed E-state index contributed by atoms with van der Waals surface area (Å²) in [6.07, 6.45) is 0. The zero-order valence-corrected chi connectivity index (χ0v) is 16.7. The van der Waals surface area contributed by atoms with Crippen molar-refractivity contribution in [2.24, 2.45) is 0 Å². The number of non-ortho nitro benzene ring substituents is 1. The normalized spacial score (nSPS) is 15.2. The first-order valence-corrected chi connectivity index (χ1v) is 9.29. The van der Waals surface area contributed by atoms with Gasteiger partial charge in [-0.3, -0.25) is 10.1 Å². The Hall–Kier alpha value is -4.05. The number of allylic oxidation sites excluding steroid dienone is 1. The smallest absolute Gasteiger partial charge is 0.269 e. The lowest BCUT2D eigenvalue weighted by atomic mass is 9.82. The second-order valence-corrected chi connectivity index (χ2v) is 7.15. The molecule has 3 aromatic rings. The van der Waals surface area contributed by atoms with Crippen molar-refractivity contribution in [3.63, 3.8) is 0 Å². The number of nitro benzene ring substituents is 1. The molecule has 0 bridgehead atoms. The van der Waals surface area contributed by atoms with E-state index in [0.29, 0.717) is 28.5 Å². The van der Waals surface area contributed by atoms with E-state index < -0.39 is 10.8 Å². The van der Waals surface area contributed by atoms with Gasteiger partial charge in [-0.2, -0.15) is 5.26 Å². The van der Waals surface area contributed by atoms with E-state index in [4.69, 9.17) is 9.47 Å². The lowest BCUT2D eigenvalue weighted by molar-refractivity contribution is -0.384. The molecule has 150 valence electrons. The summed E-state index contributed by atoms with van der Waals surface area (Å²) < 4.78 is 11.8. The number of rotatable bonds is 4. The molecule has 30 heavy (non-hydrogen) atoms. The van der Waals surface area contributed by atoms with Gasteiger partial charge < -0.3 is 14.4 Å². The zero-order chi connectivity index (χ0) is 21.4. The average molecular weight is 401 g/mol. The Kier molecular flexibility index (Phi) is 4.76. The van der Waals surface area contributed by atoms with Crippen LogP contribution >= 0.6 is 0 Å². The fraction of sp³-hybridized carbons (Fsp3) is 0.174. The van der Waals surface area contributed by atoms with E-state index in [1.54, 1.807) is 38.2 Å². The summed E-state index contributed by atoms with van der Waals surface area (Å²) in [7, 11) is 5.19. The summed E-state index contributed by atoms with van der Waals surface area (Å²) in [4.78, 5) is 12.7. The van der Waals surface area contributed by atoms with Gasteiger partial charge in [0.2, 0.25) is 5.88 Å². The van der Waals surface area contributed by atoms with E-state index >= 15 is 0 Å². The summed E-state index contributed by atoms with van der Waals surface area (Å²) in [5.74, 6) is 1.14. The predicted octanol–water partition coefficient (Wildman–Crippen LogP) is 4.58. The number of hydrogen-bond donors (Lipinski definition) is 0. The van der Waals surface area contributed by atoms with Gasteiger partial charge in [-0.15, -0.1) is 0 Å². The van der Waals surface area contributed by atoms with Crippen LogP contribution in [0.4, 0.5) is 5.69 Å². The first kappa shape index (κ1) is 19.3. The van der Waals surface area contributed by atoms with Gasteiger partial charge in [-0.25, -0.2) is 0 Å². The molecule has 4 rings (SSSR count). The second kappa shape index (κ2) is 7.41. The van der Waals surface area contributed by atoms with E-state index in [1.807, 2.05) is 30.3 Å². The number of methoxy groups -OCH3 is 1. The van der Waals surface area contributed by atoms with Crippen molar-refractivity contribution in [2.45, 2.75) is 5.92 Å². The first-order valence-electron chi connectivity index (χ1n) is 9.29. The van der Waals surface area contributed by atoms with Crippen molar-refractivity contribution in [2.75, 3.05) is 21.2 Å². The first-order chi connectivity index (χ1) is 14.5. The van der Waals surface area contributed by atoms with E-state index in [-0.39, 0.29) is 5.69 Å². The average Bonchev–Trinajstić information content (AvgIpc) is 2.76. The molecule has 3 aromatic carbocycles. The van der Waals surface area contributed by atoms with Gasteiger partial charge in [0, 0.05) is 42.6 Å². The van der Waals surface area contributed by atoms with E-state index in [1.165, 1.54) is 12.1 Å². The van der Waals surface area contributed by atoms with Crippen molar-refractivity contribution in [3.8, 4) is 17.6 Å². The molecule has 1 heterocycles. The number of nitriles is 1. The highest BCUT2D eigenvalue weighted by Gasteiger charge is 2.35. The van der Waals surface area contributed by atoms with Crippen LogP contribution in [0.1, 0.15) is 17.0 Å². The molecule has 0 saturated carbocycles. The van der Waals surface area contributed by atoms with Crippen LogP contribution in [0.2, 0.25) is 0 Å². The number of benzene rings is 3. The minimum absolute atomic E-state index is 0.0306. The largest absolute Gasteiger partial charge is 0.496 e. The van der Waals surface area contributed by atoms with Crippen LogP contribution in [0.15, 0.2) is 66.1 Å². The van der Waals surface area contributed by atoms with Crippen LogP contribution in [0, 0.1) is 21.4 Å². The fourth-order valence-electron chi connectivity index (χ4n) is 3.87. The molecule has 1 aliphatic rings. The maximum atomic E-state index is 11.4. The van der Waals surface area contributed by atoms with Gasteiger partial charge in [0.25, 0.3) is 5.69 Å².